The van der Waals surface area contributed by atoms with Gasteiger partial charge in [0.05, 0.1) is 19.6 Å². The molecule has 1 atom stereocenters. The molecule has 0 saturated carbocycles. The number of methoxy groups -OCH3 is 1. The van der Waals surface area contributed by atoms with Gasteiger partial charge in [-0.05, 0) is 31.9 Å². The zero-order valence-corrected chi connectivity index (χ0v) is 16.1. The molecule has 7 nitrogen and oxygen atoms in total. The molecule has 4 rings (SSSR count). The zero-order chi connectivity index (χ0) is 19.5. The number of imidazole rings is 1. The molecule has 0 aliphatic carbocycles. The molecule has 7 heteroatoms. The minimum atomic E-state index is -0.115. The Morgan fingerprint density at radius 3 is 2.96 bits per heavy atom. The summed E-state index contributed by atoms with van der Waals surface area (Å²) in [6.45, 7) is 2.65. The lowest BCUT2D eigenvalue weighted by molar-refractivity contribution is -0.131. The first-order valence-electron chi connectivity index (χ1n) is 9.42. The number of likely N-dealkylation sites (tertiary alicyclic amines) is 1. The van der Waals surface area contributed by atoms with Crippen LogP contribution in [0.5, 0.6) is 5.75 Å². The van der Waals surface area contributed by atoms with Crippen LogP contribution in [-0.4, -0.2) is 44.4 Å². The standard InChI is InChI=1S/C21H23N5O2/c1-14-12-16(20-22-9-10-23-20)25-21(24-14)17-7-5-11-26(17)19(27)13-15-6-3-4-8-18(15)28-2/h3-4,6,8-10,12,17H,5,7,11,13H2,1-2H3,(H,22,23)/t17-/m1/s1. The molecule has 0 unspecified atom stereocenters. The third-order valence-corrected chi connectivity index (χ3v) is 5.02. The number of carbonyl (C=O) groups is 1. The number of amides is 1. The van der Waals surface area contributed by atoms with Crippen molar-refractivity contribution in [3.8, 4) is 17.3 Å². The van der Waals surface area contributed by atoms with Crippen LogP contribution in [0.4, 0.5) is 0 Å². The van der Waals surface area contributed by atoms with E-state index in [2.05, 4.69) is 15.0 Å². The van der Waals surface area contributed by atoms with Gasteiger partial charge in [0, 0.05) is 30.2 Å². The van der Waals surface area contributed by atoms with Crippen LogP contribution in [0, 0.1) is 6.92 Å². The van der Waals surface area contributed by atoms with E-state index >= 15 is 0 Å². The van der Waals surface area contributed by atoms with Gasteiger partial charge in [0.25, 0.3) is 0 Å². The van der Waals surface area contributed by atoms with Gasteiger partial charge in [-0.3, -0.25) is 4.79 Å². The number of ether oxygens (including phenoxy) is 1. The first kappa shape index (κ1) is 18.2. The molecular weight excluding hydrogens is 354 g/mol. The molecular formula is C21H23N5O2. The molecule has 1 amide bonds. The molecule has 3 aromatic rings. The van der Waals surface area contributed by atoms with E-state index in [1.165, 1.54) is 0 Å². The normalized spacial score (nSPS) is 16.4. The number of carbonyl (C=O) groups excluding carboxylic acids is 1. The van der Waals surface area contributed by atoms with Gasteiger partial charge in [-0.25, -0.2) is 15.0 Å². The summed E-state index contributed by atoms with van der Waals surface area (Å²) >= 11 is 0. The van der Waals surface area contributed by atoms with E-state index in [0.717, 1.165) is 35.5 Å². The Morgan fingerprint density at radius 1 is 1.32 bits per heavy atom. The fourth-order valence-corrected chi connectivity index (χ4v) is 3.71. The van der Waals surface area contributed by atoms with Gasteiger partial charge in [-0.1, -0.05) is 18.2 Å². The molecule has 1 aliphatic rings. The Balaban J connectivity index is 1.59. The molecule has 1 N–H and O–H groups in total. The smallest absolute Gasteiger partial charge is 0.227 e. The fourth-order valence-electron chi connectivity index (χ4n) is 3.71. The van der Waals surface area contributed by atoms with E-state index in [9.17, 15) is 4.79 Å². The molecule has 28 heavy (non-hydrogen) atoms. The van der Waals surface area contributed by atoms with Crippen LogP contribution >= 0.6 is 0 Å². The third kappa shape index (κ3) is 3.60. The monoisotopic (exact) mass is 377 g/mol. The summed E-state index contributed by atoms with van der Waals surface area (Å²) in [5.41, 5.74) is 2.50. The first-order chi connectivity index (χ1) is 13.7. The molecule has 1 saturated heterocycles. The Labute approximate surface area is 163 Å². The van der Waals surface area contributed by atoms with Gasteiger partial charge in [0.2, 0.25) is 5.91 Å². The van der Waals surface area contributed by atoms with Gasteiger partial charge in [0.1, 0.15) is 11.4 Å². The van der Waals surface area contributed by atoms with Crippen LogP contribution in [0.15, 0.2) is 42.7 Å². The molecule has 0 spiro atoms. The summed E-state index contributed by atoms with van der Waals surface area (Å²) in [6, 6.07) is 9.42. The van der Waals surface area contributed by atoms with E-state index in [1.54, 1.807) is 19.5 Å². The highest BCUT2D eigenvalue weighted by atomic mass is 16.5. The average Bonchev–Trinajstić information content (AvgIpc) is 3.40. The van der Waals surface area contributed by atoms with Crippen molar-refractivity contribution in [2.75, 3.05) is 13.7 Å². The SMILES string of the molecule is COc1ccccc1CC(=O)N1CCC[C@@H]1c1nc(C)cc(-c2ncc[nH]2)n1. The lowest BCUT2D eigenvalue weighted by Gasteiger charge is -2.24. The van der Waals surface area contributed by atoms with E-state index in [0.29, 0.717) is 24.6 Å². The maximum absolute atomic E-state index is 13.1. The number of hydrogen-bond acceptors (Lipinski definition) is 5. The number of hydrogen-bond donors (Lipinski definition) is 1. The van der Waals surface area contributed by atoms with Crippen LogP contribution in [0.2, 0.25) is 0 Å². The predicted molar refractivity (Wildman–Crippen MR) is 105 cm³/mol. The van der Waals surface area contributed by atoms with Crippen LogP contribution in [0.1, 0.15) is 36.0 Å². The van der Waals surface area contributed by atoms with Crippen molar-refractivity contribution >= 4 is 5.91 Å². The molecule has 2 aromatic heterocycles. The summed E-state index contributed by atoms with van der Waals surface area (Å²) in [4.78, 5) is 31.7. The van der Waals surface area contributed by atoms with E-state index < -0.39 is 0 Å². The second kappa shape index (κ2) is 7.80. The maximum atomic E-state index is 13.1. The van der Waals surface area contributed by atoms with E-state index in [-0.39, 0.29) is 11.9 Å². The maximum Gasteiger partial charge on any atom is 0.227 e. The lowest BCUT2D eigenvalue weighted by Crippen LogP contribution is -2.33. The Morgan fingerprint density at radius 2 is 2.18 bits per heavy atom. The Bertz CT molecular complexity index is 971. The van der Waals surface area contributed by atoms with Gasteiger partial charge in [-0.15, -0.1) is 0 Å². The number of aromatic nitrogens is 4. The van der Waals surface area contributed by atoms with Crippen molar-refractivity contribution in [2.24, 2.45) is 0 Å². The first-order valence-corrected chi connectivity index (χ1v) is 9.42. The Hall–Kier alpha value is -3.22. The largest absolute Gasteiger partial charge is 0.496 e. The number of nitrogens with zero attached hydrogens (tertiary/aromatic N) is 4. The molecule has 1 fully saturated rings. The van der Waals surface area contributed by atoms with Crippen LogP contribution < -0.4 is 4.74 Å². The van der Waals surface area contributed by atoms with Crippen LogP contribution in [0.3, 0.4) is 0 Å². The molecule has 144 valence electrons. The fraction of sp³-hybridized carbons (Fsp3) is 0.333. The van der Waals surface area contributed by atoms with E-state index in [4.69, 9.17) is 9.72 Å². The minimum absolute atomic E-state index is 0.0663. The summed E-state index contributed by atoms with van der Waals surface area (Å²) in [5, 5.41) is 0. The van der Waals surface area contributed by atoms with Crippen molar-refractivity contribution in [2.45, 2.75) is 32.2 Å². The summed E-state index contributed by atoms with van der Waals surface area (Å²) in [5.74, 6) is 2.18. The van der Waals surface area contributed by atoms with Gasteiger partial charge >= 0.3 is 0 Å². The second-order valence-corrected chi connectivity index (χ2v) is 6.92. The quantitative estimate of drug-likeness (QED) is 0.739. The number of para-hydroxylation sites is 1. The second-order valence-electron chi connectivity index (χ2n) is 6.92. The van der Waals surface area contributed by atoms with Crippen molar-refractivity contribution in [1.29, 1.82) is 0 Å². The van der Waals surface area contributed by atoms with Crippen molar-refractivity contribution in [3.63, 3.8) is 0 Å². The summed E-state index contributed by atoms with van der Waals surface area (Å²) < 4.78 is 5.39. The Kier molecular flexibility index (Phi) is 5.06. The molecule has 0 bridgehead atoms. The number of benzene rings is 1. The highest BCUT2D eigenvalue weighted by molar-refractivity contribution is 5.80. The number of aromatic amines is 1. The van der Waals surface area contributed by atoms with Crippen LogP contribution in [0.25, 0.3) is 11.5 Å². The predicted octanol–water partition coefficient (Wildman–Crippen LogP) is 3.09. The van der Waals surface area contributed by atoms with Crippen molar-refractivity contribution in [1.82, 2.24) is 24.8 Å². The topological polar surface area (TPSA) is 84.0 Å². The zero-order valence-electron chi connectivity index (χ0n) is 16.1. The van der Waals surface area contributed by atoms with Crippen molar-refractivity contribution in [3.05, 3.63) is 59.8 Å². The molecule has 3 heterocycles. The number of nitrogens with one attached hydrogen (secondary N) is 1. The highest BCUT2D eigenvalue weighted by Gasteiger charge is 2.32. The lowest BCUT2D eigenvalue weighted by atomic mass is 10.1. The molecule has 1 aliphatic heterocycles. The van der Waals surface area contributed by atoms with Gasteiger partial charge < -0.3 is 14.6 Å². The summed E-state index contributed by atoms with van der Waals surface area (Å²) in [7, 11) is 1.62. The van der Waals surface area contributed by atoms with Crippen molar-refractivity contribution < 1.29 is 9.53 Å². The van der Waals surface area contributed by atoms with Gasteiger partial charge in [-0.2, -0.15) is 0 Å². The number of rotatable bonds is 5. The number of aryl methyl sites for hydroxylation is 1. The van der Waals surface area contributed by atoms with Crippen LogP contribution in [-0.2, 0) is 11.2 Å². The molecule has 1 aromatic carbocycles. The van der Waals surface area contributed by atoms with Gasteiger partial charge in [0.15, 0.2) is 11.6 Å². The minimum Gasteiger partial charge on any atom is -0.496 e. The number of H-pyrrole nitrogens is 1. The molecule has 0 radical (unpaired) electrons. The summed E-state index contributed by atoms with van der Waals surface area (Å²) in [6.07, 6.45) is 5.57. The van der Waals surface area contributed by atoms with E-state index in [1.807, 2.05) is 42.2 Å². The highest BCUT2D eigenvalue weighted by Crippen LogP contribution is 2.32. The third-order valence-electron chi connectivity index (χ3n) is 5.02. The average molecular weight is 377 g/mol.